The van der Waals surface area contributed by atoms with E-state index in [4.69, 9.17) is 0 Å². The summed E-state index contributed by atoms with van der Waals surface area (Å²) in [6.07, 6.45) is 0. The van der Waals surface area contributed by atoms with Crippen LogP contribution >= 0.6 is 11.3 Å². The molecule has 1 aliphatic rings. The minimum Gasteiger partial charge on any atom is -0.310 e. The summed E-state index contributed by atoms with van der Waals surface area (Å²) in [6.45, 7) is 4.76. The van der Waals surface area contributed by atoms with Gasteiger partial charge in [-0.05, 0) is 149 Å². The fourth-order valence-corrected chi connectivity index (χ4v) is 12.0. The summed E-state index contributed by atoms with van der Waals surface area (Å²) < 4.78 is 2.66. The summed E-state index contributed by atoms with van der Waals surface area (Å²) >= 11 is 1.86. The lowest BCUT2D eigenvalue weighted by Crippen LogP contribution is -2.16. The number of hydrogen-bond donors (Lipinski definition) is 0. The van der Waals surface area contributed by atoms with Crippen LogP contribution in [0.15, 0.2) is 249 Å². The van der Waals surface area contributed by atoms with E-state index in [9.17, 15) is 0 Å². The van der Waals surface area contributed by atoms with Crippen LogP contribution in [0.2, 0.25) is 0 Å². The van der Waals surface area contributed by atoms with Crippen LogP contribution in [0.25, 0.3) is 97.7 Å². The van der Waals surface area contributed by atoms with Crippen molar-refractivity contribution in [1.82, 2.24) is 0 Å². The second-order valence-electron chi connectivity index (χ2n) is 18.9. The second-order valence-corrected chi connectivity index (χ2v) is 20.0. The molecule has 13 rings (SSSR count). The van der Waals surface area contributed by atoms with Gasteiger partial charge >= 0.3 is 0 Å². The molecule has 2 heteroatoms. The maximum absolute atomic E-state index is 2.43. The van der Waals surface area contributed by atoms with Crippen LogP contribution in [0.3, 0.4) is 0 Å². The highest BCUT2D eigenvalue weighted by Gasteiger charge is 2.36. The zero-order valence-corrected chi connectivity index (χ0v) is 39.3. The summed E-state index contributed by atoms with van der Waals surface area (Å²) in [4.78, 5) is 2.42. The first-order valence-electron chi connectivity index (χ1n) is 23.9. The fraction of sp³-hybridized carbons (Fsp3) is 0.0448. The molecule has 12 aromatic rings. The molecule has 326 valence electrons. The monoisotopic (exact) mass is 897 g/mol. The summed E-state index contributed by atoms with van der Waals surface area (Å²) in [6, 6.07) is 91.8. The van der Waals surface area contributed by atoms with Gasteiger partial charge in [0.05, 0.1) is 0 Å². The van der Waals surface area contributed by atoms with E-state index in [-0.39, 0.29) is 5.41 Å². The lowest BCUT2D eigenvalue weighted by Gasteiger charge is -2.28. The molecule has 0 bridgehead atoms. The lowest BCUT2D eigenvalue weighted by molar-refractivity contribution is 0.660. The molecule has 1 nitrogen and oxygen atoms in total. The number of benzene rings is 11. The summed E-state index contributed by atoms with van der Waals surface area (Å²) in [7, 11) is 0. The third-order valence-electron chi connectivity index (χ3n) is 14.5. The molecule has 1 aromatic heterocycles. The predicted molar refractivity (Wildman–Crippen MR) is 296 cm³/mol. The van der Waals surface area contributed by atoms with Crippen molar-refractivity contribution >= 4 is 59.3 Å². The Bertz CT molecular complexity index is 3880. The molecule has 0 saturated heterocycles. The third-order valence-corrected chi connectivity index (χ3v) is 15.7. The van der Waals surface area contributed by atoms with Gasteiger partial charge in [-0.1, -0.05) is 202 Å². The molecular formula is C67H47NS. The topological polar surface area (TPSA) is 3.24 Å². The summed E-state index contributed by atoms with van der Waals surface area (Å²) in [5, 5.41) is 5.16. The largest absolute Gasteiger partial charge is 0.310 e. The van der Waals surface area contributed by atoms with Gasteiger partial charge in [0.1, 0.15) is 0 Å². The zero-order valence-electron chi connectivity index (χ0n) is 38.5. The van der Waals surface area contributed by atoms with Crippen molar-refractivity contribution in [2.24, 2.45) is 0 Å². The van der Waals surface area contributed by atoms with E-state index < -0.39 is 0 Å². The molecule has 0 N–H and O–H groups in total. The zero-order chi connectivity index (χ0) is 46.1. The number of rotatable bonds is 8. The Hall–Kier alpha value is -8.30. The Morgan fingerprint density at radius 1 is 0.275 bits per heavy atom. The van der Waals surface area contributed by atoms with E-state index in [1.54, 1.807) is 0 Å². The average molecular weight is 898 g/mol. The van der Waals surface area contributed by atoms with E-state index in [2.05, 4.69) is 267 Å². The fourth-order valence-electron chi connectivity index (χ4n) is 10.9. The Labute approximate surface area is 407 Å². The first-order chi connectivity index (χ1) is 33.9. The highest BCUT2D eigenvalue weighted by molar-refractivity contribution is 7.25. The first-order valence-corrected chi connectivity index (χ1v) is 24.7. The van der Waals surface area contributed by atoms with Gasteiger partial charge < -0.3 is 4.90 Å². The van der Waals surface area contributed by atoms with E-state index in [1.807, 2.05) is 11.3 Å². The Balaban J connectivity index is 0.868. The molecule has 0 spiro atoms. The standard InChI is InChI=1S/C67H47NS/c1-67(2)63-42-51(44-13-5-3-6-14-44)31-38-59(63)60-39-37-54(43-64(60)67)68(53-35-29-49(30-36-53)56-19-12-20-57-55(18-11-21-58(56)57)48-15-7-4-8-16-48)52-33-27-46(28-34-52)45-23-25-47(26-24-45)50-32-40-66-62(41-50)61-17-9-10-22-65(61)69-66/h3-43H,1-2H3. The van der Waals surface area contributed by atoms with Gasteiger partial charge in [0.2, 0.25) is 0 Å². The molecule has 0 amide bonds. The average Bonchev–Trinajstić information content (AvgIpc) is 3.90. The van der Waals surface area contributed by atoms with Crippen LogP contribution in [0, 0.1) is 0 Å². The molecule has 1 aliphatic carbocycles. The highest BCUT2D eigenvalue weighted by Crippen LogP contribution is 2.52. The Morgan fingerprint density at radius 2 is 0.696 bits per heavy atom. The van der Waals surface area contributed by atoms with Crippen molar-refractivity contribution in [1.29, 1.82) is 0 Å². The number of nitrogens with zero attached hydrogens (tertiary/aromatic N) is 1. The number of anilines is 3. The molecule has 0 aliphatic heterocycles. The van der Waals surface area contributed by atoms with Crippen LogP contribution in [-0.2, 0) is 5.41 Å². The maximum Gasteiger partial charge on any atom is 0.0465 e. The molecule has 0 atom stereocenters. The van der Waals surface area contributed by atoms with Gasteiger partial charge in [-0.25, -0.2) is 0 Å². The molecule has 0 saturated carbocycles. The molecule has 0 unspecified atom stereocenters. The SMILES string of the molecule is CC1(C)c2cc(-c3ccccc3)ccc2-c2ccc(N(c3ccc(-c4ccc(-c5ccc6sc7ccccc7c6c5)cc4)cc3)c3ccc(-c4cccc5c(-c6ccccc6)cccc45)cc3)cc21. The van der Waals surface area contributed by atoms with Crippen molar-refractivity contribution in [2.75, 3.05) is 4.90 Å². The molecule has 0 fully saturated rings. The van der Waals surface area contributed by atoms with Crippen LogP contribution in [0.1, 0.15) is 25.0 Å². The highest BCUT2D eigenvalue weighted by atomic mass is 32.1. The molecule has 69 heavy (non-hydrogen) atoms. The lowest BCUT2D eigenvalue weighted by atomic mass is 9.81. The quantitative estimate of drug-likeness (QED) is 0.147. The van der Waals surface area contributed by atoms with Gasteiger partial charge in [0.25, 0.3) is 0 Å². The molecule has 11 aromatic carbocycles. The van der Waals surface area contributed by atoms with Crippen molar-refractivity contribution in [2.45, 2.75) is 19.3 Å². The smallest absolute Gasteiger partial charge is 0.0465 e. The van der Waals surface area contributed by atoms with Crippen molar-refractivity contribution in [3.63, 3.8) is 0 Å². The minimum atomic E-state index is -0.187. The van der Waals surface area contributed by atoms with Crippen molar-refractivity contribution in [3.8, 4) is 66.8 Å². The number of thiophene rings is 1. The van der Waals surface area contributed by atoms with Crippen molar-refractivity contribution < 1.29 is 0 Å². The van der Waals surface area contributed by atoms with Gasteiger partial charge in [-0.2, -0.15) is 0 Å². The molecule has 1 heterocycles. The van der Waals surface area contributed by atoms with Gasteiger partial charge in [0.15, 0.2) is 0 Å². The van der Waals surface area contributed by atoms with Crippen LogP contribution in [0.4, 0.5) is 17.1 Å². The number of fused-ring (bicyclic) bond motifs is 7. The summed E-state index contributed by atoms with van der Waals surface area (Å²) in [5.41, 5.74) is 20.7. The van der Waals surface area contributed by atoms with Crippen LogP contribution in [0.5, 0.6) is 0 Å². The third kappa shape index (κ3) is 7.07. The maximum atomic E-state index is 2.43. The second kappa shape index (κ2) is 16.5. The predicted octanol–water partition coefficient (Wildman–Crippen LogP) is 19.3. The van der Waals surface area contributed by atoms with Gasteiger partial charge in [-0.15, -0.1) is 11.3 Å². The van der Waals surface area contributed by atoms with E-state index in [0.29, 0.717) is 0 Å². The van der Waals surface area contributed by atoms with Gasteiger partial charge in [0, 0.05) is 42.6 Å². The van der Waals surface area contributed by atoms with E-state index in [0.717, 1.165) is 17.1 Å². The van der Waals surface area contributed by atoms with E-state index in [1.165, 1.54) is 109 Å². The van der Waals surface area contributed by atoms with Crippen molar-refractivity contribution in [3.05, 3.63) is 260 Å². The van der Waals surface area contributed by atoms with Gasteiger partial charge in [-0.3, -0.25) is 0 Å². The Kier molecular flexibility index (Phi) is 9.78. The molecule has 0 radical (unpaired) electrons. The van der Waals surface area contributed by atoms with E-state index >= 15 is 0 Å². The molecular weight excluding hydrogens is 851 g/mol. The minimum absolute atomic E-state index is 0.187. The first kappa shape index (κ1) is 40.9. The Morgan fingerprint density at radius 3 is 1.35 bits per heavy atom. The number of hydrogen-bond acceptors (Lipinski definition) is 2. The van der Waals surface area contributed by atoms with Crippen LogP contribution < -0.4 is 4.90 Å². The van der Waals surface area contributed by atoms with Crippen LogP contribution in [-0.4, -0.2) is 0 Å². The normalized spacial score (nSPS) is 12.6. The summed E-state index contributed by atoms with van der Waals surface area (Å²) in [5.74, 6) is 0.